The van der Waals surface area contributed by atoms with Crippen molar-refractivity contribution in [2.45, 2.75) is 65.5 Å². The van der Waals surface area contributed by atoms with Crippen LogP contribution in [0.3, 0.4) is 0 Å². The van der Waals surface area contributed by atoms with Gasteiger partial charge in [0.2, 0.25) is 5.91 Å². The van der Waals surface area contributed by atoms with Crippen LogP contribution in [0.25, 0.3) is 16.5 Å². The fourth-order valence-electron chi connectivity index (χ4n) is 5.01. The molecule has 7 heteroatoms. The number of nitrogens with zero attached hydrogens (tertiary/aromatic N) is 4. The summed E-state index contributed by atoms with van der Waals surface area (Å²) in [7, 11) is 0. The average Bonchev–Trinajstić information content (AvgIpc) is 3.06. The first-order valence-electron chi connectivity index (χ1n) is 12.1. The van der Waals surface area contributed by atoms with Crippen LogP contribution in [0, 0.1) is 13.8 Å². The second kappa shape index (κ2) is 10.3. The van der Waals surface area contributed by atoms with Crippen LogP contribution >= 0.6 is 0 Å². The minimum absolute atomic E-state index is 0.0970. The Morgan fingerprint density at radius 3 is 2.67 bits per heavy atom. The molecule has 1 saturated heterocycles. The van der Waals surface area contributed by atoms with Gasteiger partial charge in [-0.1, -0.05) is 24.6 Å². The number of aromatic nitrogens is 3. The number of amides is 1. The lowest BCUT2D eigenvalue weighted by molar-refractivity contribution is -0.121. The third-order valence-corrected chi connectivity index (χ3v) is 6.99. The van der Waals surface area contributed by atoms with Gasteiger partial charge in [-0.15, -0.1) is 0 Å². The third-order valence-electron chi connectivity index (χ3n) is 6.99. The number of likely N-dealkylation sites (tertiary alicyclic amines) is 1. The number of carbonyl (C=O) groups is 1. The van der Waals surface area contributed by atoms with Crippen molar-refractivity contribution < 1.29 is 4.79 Å². The molecule has 1 atom stereocenters. The molecule has 0 saturated carbocycles. The minimum Gasteiger partial charge on any atom is -0.355 e. The number of fused-ring (bicyclic) bond motifs is 1. The van der Waals surface area contributed by atoms with Gasteiger partial charge in [-0.3, -0.25) is 14.5 Å². The second-order valence-electron chi connectivity index (χ2n) is 9.14. The summed E-state index contributed by atoms with van der Waals surface area (Å²) in [6, 6.07) is 10.1. The first-order valence-corrected chi connectivity index (χ1v) is 12.1. The van der Waals surface area contributed by atoms with E-state index >= 15 is 0 Å². The van der Waals surface area contributed by atoms with E-state index in [1.165, 1.54) is 23.9 Å². The van der Waals surface area contributed by atoms with Crippen LogP contribution in [0.1, 0.15) is 50.4 Å². The quantitative estimate of drug-likeness (QED) is 0.571. The first-order chi connectivity index (χ1) is 16.0. The van der Waals surface area contributed by atoms with Crippen molar-refractivity contribution in [3.05, 3.63) is 58.3 Å². The summed E-state index contributed by atoms with van der Waals surface area (Å²) in [6.07, 6.45) is 6.81. The molecule has 0 unspecified atom stereocenters. The van der Waals surface area contributed by atoms with E-state index in [0.29, 0.717) is 30.9 Å². The maximum Gasteiger partial charge on any atom is 0.281 e. The maximum atomic E-state index is 13.2. The van der Waals surface area contributed by atoms with Gasteiger partial charge in [-0.25, -0.2) is 0 Å². The molecule has 33 heavy (non-hydrogen) atoms. The number of para-hydroxylation sites is 1. The van der Waals surface area contributed by atoms with Gasteiger partial charge >= 0.3 is 0 Å². The molecular weight excluding hydrogens is 414 g/mol. The third kappa shape index (κ3) is 5.03. The van der Waals surface area contributed by atoms with Crippen LogP contribution in [0.2, 0.25) is 0 Å². The summed E-state index contributed by atoms with van der Waals surface area (Å²) in [5, 5.41) is 9.05. The molecule has 3 aromatic rings. The van der Waals surface area contributed by atoms with Crippen LogP contribution in [-0.2, 0) is 11.3 Å². The highest BCUT2D eigenvalue weighted by Crippen LogP contribution is 2.23. The monoisotopic (exact) mass is 449 g/mol. The SMILES string of the molecule is Cc1c2cnn(-c3ccccc3)c(=O)c2c(C)n1CCCC(=O)NCCN1CCCC[C@H]1C. The van der Waals surface area contributed by atoms with Gasteiger partial charge in [-0.05, 0) is 58.7 Å². The van der Waals surface area contributed by atoms with Crippen LogP contribution in [0.15, 0.2) is 41.3 Å². The van der Waals surface area contributed by atoms with Gasteiger partial charge in [0, 0.05) is 48.9 Å². The molecule has 1 fully saturated rings. The van der Waals surface area contributed by atoms with Gasteiger partial charge in [0.1, 0.15) is 0 Å². The second-order valence-corrected chi connectivity index (χ2v) is 9.14. The molecular formula is C26H35N5O2. The zero-order valence-electron chi connectivity index (χ0n) is 20.0. The van der Waals surface area contributed by atoms with Crippen molar-refractivity contribution in [1.82, 2.24) is 24.6 Å². The molecule has 1 amide bonds. The summed E-state index contributed by atoms with van der Waals surface area (Å²) in [6.45, 7) is 9.74. The summed E-state index contributed by atoms with van der Waals surface area (Å²) in [4.78, 5) is 28.0. The van der Waals surface area contributed by atoms with E-state index < -0.39 is 0 Å². The number of carbonyl (C=O) groups excluding carboxylic acids is 1. The van der Waals surface area contributed by atoms with Crippen molar-refractivity contribution >= 4 is 16.7 Å². The molecule has 1 aromatic carbocycles. The van der Waals surface area contributed by atoms with Crippen molar-refractivity contribution in [1.29, 1.82) is 0 Å². The molecule has 4 rings (SSSR count). The number of benzene rings is 1. The van der Waals surface area contributed by atoms with Crippen molar-refractivity contribution in [2.24, 2.45) is 0 Å². The largest absolute Gasteiger partial charge is 0.355 e. The molecule has 0 aliphatic carbocycles. The van der Waals surface area contributed by atoms with E-state index in [9.17, 15) is 9.59 Å². The fraction of sp³-hybridized carbons (Fsp3) is 0.500. The Morgan fingerprint density at radius 1 is 1.12 bits per heavy atom. The Labute approximate surface area is 195 Å². The standard InChI is InChI=1S/C26H35N5O2/c1-19-10-7-8-15-29(19)17-14-27-24(32)13-9-16-30-20(2)23-18-28-31(22-11-5-4-6-12-22)26(33)25(23)21(30)3/h4-6,11-12,18-19H,7-10,13-17H2,1-3H3,(H,27,32)/t19-/m1/s1. The van der Waals surface area contributed by atoms with E-state index in [1.54, 1.807) is 6.20 Å². The Morgan fingerprint density at radius 2 is 1.91 bits per heavy atom. The van der Waals surface area contributed by atoms with Gasteiger partial charge in [0.05, 0.1) is 17.3 Å². The number of aryl methyl sites for hydroxylation is 2. The molecule has 2 aromatic heterocycles. The molecule has 176 valence electrons. The Balaban J connectivity index is 1.37. The summed E-state index contributed by atoms with van der Waals surface area (Å²) >= 11 is 0. The molecule has 1 aliphatic heterocycles. The number of hydrogen-bond donors (Lipinski definition) is 1. The van der Waals surface area contributed by atoms with Crippen LogP contribution in [0.5, 0.6) is 0 Å². The molecule has 1 aliphatic rings. The van der Waals surface area contributed by atoms with Gasteiger partial charge in [-0.2, -0.15) is 9.78 Å². The maximum absolute atomic E-state index is 13.2. The Bertz CT molecular complexity index is 1160. The predicted molar refractivity (Wildman–Crippen MR) is 132 cm³/mol. The fourth-order valence-corrected chi connectivity index (χ4v) is 5.01. The lowest BCUT2D eigenvalue weighted by Crippen LogP contribution is -2.42. The molecule has 7 nitrogen and oxygen atoms in total. The van der Waals surface area contributed by atoms with E-state index in [-0.39, 0.29) is 11.5 Å². The number of rotatable bonds is 8. The van der Waals surface area contributed by atoms with Crippen molar-refractivity contribution in [3.63, 3.8) is 0 Å². The number of hydrogen-bond acceptors (Lipinski definition) is 4. The topological polar surface area (TPSA) is 72.2 Å². The van der Waals surface area contributed by atoms with Gasteiger partial charge in [0.25, 0.3) is 5.56 Å². The number of piperidine rings is 1. The zero-order chi connectivity index (χ0) is 23.4. The average molecular weight is 450 g/mol. The summed E-state index contributed by atoms with van der Waals surface area (Å²) < 4.78 is 3.60. The highest BCUT2D eigenvalue weighted by atomic mass is 16.1. The zero-order valence-corrected chi connectivity index (χ0v) is 20.0. The molecule has 3 heterocycles. The normalized spacial score (nSPS) is 16.9. The van der Waals surface area contributed by atoms with E-state index in [4.69, 9.17) is 0 Å². The van der Waals surface area contributed by atoms with Crippen LogP contribution < -0.4 is 10.9 Å². The van der Waals surface area contributed by atoms with Crippen molar-refractivity contribution in [2.75, 3.05) is 19.6 Å². The summed E-state index contributed by atoms with van der Waals surface area (Å²) in [5.41, 5.74) is 2.60. The molecule has 0 spiro atoms. The number of nitrogens with one attached hydrogen (secondary N) is 1. The Hall–Kier alpha value is -2.93. The lowest BCUT2D eigenvalue weighted by atomic mass is 10.0. The predicted octanol–water partition coefficient (Wildman–Crippen LogP) is 3.57. The van der Waals surface area contributed by atoms with E-state index in [2.05, 4.69) is 26.8 Å². The van der Waals surface area contributed by atoms with E-state index in [1.807, 2.05) is 44.2 Å². The van der Waals surface area contributed by atoms with Crippen molar-refractivity contribution in [3.8, 4) is 5.69 Å². The summed E-state index contributed by atoms with van der Waals surface area (Å²) in [5.74, 6) is 0.0970. The highest BCUT2D eigenvalue weighted by molar-refractivity contribution is 5.87. The highest BCUT2D eigenvalue weighted by Gasteiger charge is 2.18. The molecule has 0 radical (unpaired) electrons. The molecule has 0 bridgehead atoms. The smallest absolute Gasteiger partial charge is 0.281 e. The van der Waals surface area contributed by atoms with Gasteiger partial charge in [0.15, 0.2) is 0 Å². The van der Waals surface area contributed by atoms with Gasteiger partial charge < -0.3 is 9.88 Å². The minimum atomic E-state index is -0.109. The van der Waals surface area contributed by atoms with Crippen LogP contribution in [-0.4, -0.2) is 50.8 Å². The Kier molecular flexibility index (Phi) is 7.28. The van der Waals surface area contributed by atoms with Crippen LogP contribution in [0.4, 0.5) is 0 Å². The lowest BCUT2D eigenvalue weighted by Gasteiger charge is -2.33. The molecule has 1 N–H and O–H groups in total. The first kappa shape index (κ1) is 23.2. The van der Waals surface area contributed by atoms with E-state index in [0.717, 1.165) is 42.0 Å².